The Bertz CT molecular complexity index is 637. The van der Waals surface area contributed by atoms with Crippen molar-refractivity contribution in [2.45, 2.75) is 18.2 Å². The fourth-order valence-electron chi connectivity index (χ4n) is 2.57. The van der Waals surface area contributed by atoms with E-state index < -0.39 is 0 Å². The van der Waals surface area contributed by atoms with E-state index in [1.54, 1.807) is 22.5 Å². The second kappa shape index (κ2) is 7.18. The van der Waals surface area contributed by atoms with Crippen LogP contribution in [-0.2, 0) is 4.74 Å². The van der Waals surface area contributed by atoms with Crippen LogP contribution in [0.25, 0.3) is 0 Å². The second-order valence-corrected chi connectivity index (χ2v) is 6.67. The van der Waals surface area contributed by atoms with Crippen LogP contribution in [0.2, 0.25) is 0 Å². The van der Waals surface area contributed by atoms with Crippen LogP contribution in [0.15, 0.2) is 11.0 Å². The molecule has 0 radical (unpaired) electrons. The van der Waals surface area contributed by atoms with Crippen molar-refractivity contribution in [3.05, 3.63) is 22.2 Å². The fraction of sp³-hybridized carbons (Fsp3) is 0.600. The molecule has 0 saturated carbocycles. The van der Waals surface area contributed by atoms with Crippen molar-refractivity contribution >= 4 is 17.6 Å². The van der Waals surface area contributed by atoms with Gasteiger partial charge in [0.15, 0.2) is 0 Å². The first-order valence-corrected chi connectivity index (χ1v) is 8.58. The van der Waals surface area contributed by atoms with Gasteiger partial charge < -0.3 is 10.5 Å². The summed E-state index contributed by atoms with van der Waals surface area (Å²) in [5, 5.41) is 0.167. The summed E-state index contributed by atoms with van der Waals surface area (Å²) in [7, 11) is 0. The van der Waals surface area contributed by atoms with Crippen LogP contribution in [0.1, 0.15) is 23.8 Å². The molecule has 0 aromatic carbocycles. The van der Waals surface area contributed by atoms with Crippen LogP contribution in [0, 0.1) is 11.8 Å². The van der Waals surface area contributed by atoms with Gasteiger partial charge in [0, 0.05) is 19.3 Å². The Balaban J connectivity index is 1.75. The predicted molar refractivity (Wildman–Crippen MR) is 87.8 cm³/mol. The van der Waals surface area contributed by atoms with Gasteiger partial charge >= 0.3 is 5.69 Å². The first kappa shape index (κ1) is 15.4. The van der Waals surface area contributed by atoms with Gasteiger partial charge in [-0.1, -0.05) is 11.8 Å². The molecule has 1 aromatic heterocycles. The number of nitrogen functional groups attached to an aromatic ring is 1. The third kappa shape index (κ3) is 3.64. The van der Waals surface area contributed by atoms with E-state index >= 15 is 0 Å². The molecule has 0 bridgehead atoms. The summed E-state index contributed by atoms with van der Waals surface area (Å²) in [6, 6.07) is 0. The molecule has 7 heteroatoms. The Morgan fingerprint density at radius 2 is 2.27 bits per heavy atom. The molecule has 6 nitrogen and oxygen atoms in total. The summed E-state index contributed by atoms with van der Waals surface area (Å²) in [5.41, 5.74) is 6.20. The lowest BCUT2D eigenvalue weighted by Crippen LogP contribution is -2.36. The molecule has 2 saturated heterocycles. The van der Waals surface area contributed by atoms with Gasteiger partial charge in [0.2, 0.25) is 0 Å². The lowest BCUT2D eigenvalue weighted by atomic mass is 10.3. The molecule has 0 amide bonds. The lowest BCUT2D eigenvalue weighted by Gasteiger charge is -2.24. The number of nitrogens with two attached hydrogens (primary N) is 1. The number of aromatic nitrogens is 2. The molecular formula is C15H20N4O2S. The Morgan fingerprint density at radius 3 is 3.00 bits per heavy atom. The largest absolute Gasteiger partial charge is 0.382 e. The molecule has 118 valence electrons. The van der Waals surface area contributed by atoms with Gasteiger partial charge in [-0.05, 0) is 18.6 Å². The van der Waals surface area contributed by atoms with Crippen molar-refractivity contribution in [2.24, 2.45) is 0 Å². The van der Waals surface area contributed by atoms with E-state index in [9.17, 15) is 4.79 Å². The standard InChI is InChI=1S/C15H20N4O2S/c16-14-12(3-1-5-18-6-8-21-9-7-18)11-19(15(20)17-14)13-4-2-10-22-13/h11,13H,2,4-10H2,(H2,16,17,20)/t13-/m1/s1. The molecule has 0 aliphatic carbocycles. The van der Waals surface area contributed by atoms with Crippen molar-refractivity contribution in [3.8, 4) is 11.8 Å². The first-order chi connectivity index (χ1) is 10.7. The van der Waals surface area contributed by atoms with E-state index in [-0.39, 0.29) is 16.9 Å². The van der Waals surface area contributed by atoms with Crippen molar-refractivity contribution < 1.29 is 4.74 Å². The van der Waals surface area contributed by atoms with Crippen LogP contribution < -0.4 is 11.4 Å². The summed E-state index contributed by atoms with van der Waals surface area (Å²) in [6.45, 7) is 4.01. The van der Waals surface area contributed by atoms with Gasteiger partial charge in [-0.25, -0.2) is 4.79 Å². The topological polar surface area (TPSA) is 73.4 Å². The molecule has 2 N–H and O–H groups in total. The van der Waals surface area contributed by atoms with Crippen LogP contribution in [-0.4, -0.2) is 53.1 Å². The van der Waals surface area contributed by atoms with E-state index in [0.29, 0.717) is 12.1 Å². The average Bonchev–Trinajstić information content (AvgIpc) is 3.04. The smallest absolute Gasteiger partial charge is 0.350 e. The Labute approximate surface area is 134 Å². The zero-order chi connectivity index (χ0) is 15.4. The quantitative estimate of drug-likeness (QED) is 0.802. The molecule has 1 atom stereocenters. The van der Waals surface area contributed by atoms with E-state index in [2.05, 4.69) is 21.7 Å². The highest BCUT2D eigenvalue weighted by atomic mass is 32.2. The fourth-order valence-corrected chi connectivity index (χ4v) is 3.82. The maximum Gasteiger partial charge on any atom is 0.350 e. The summed E-state index contributed by atoms with van der Waals surface area (Å²) in [5.74, 6) is 7.49. The molecule has 0 unspecified atom stereocenters. The minimum absolute atomic E-state index is 0.167. The average molecular weight is 320 g/mol. The van der Waals surface area contributed by atoms with Gasteiger partial charge in [0.05, 0.1) is 30.7 Å². The van der Waals surface area contributed by atoms with Gasteiger partial charge in [-0.3, -0.25) is 9.47 Å². The molecule has 3 heterocycles. The SMILES string of the molecule is Nc1nc(=O)n([C@H]2CCCS2)cc1C#CCN1CCOCC1. The number of morpholine rings is 1. The number of hydrogen-bond acceptors (Lipinski definition) is 6. The van der Waals surface area contributed by atoms with Crippen LogP contribution >= 0.6 is 11.8 Å². The summed E-state index contributed by atoms with van der Waals surface area (Å²) in [6.07, 6.45) is 3.89. The van der Waals surface area contributed by atoms with Crippen molar-refractivity contribution in [1.29, 1.82) is 0 Å². The van der Waals surface area contributed by atoms with E-state index in [1.807, 2.05) is 0 Å². The highest BCUT2D eigenvalue weighted by Crippen LogP contribution is 2.34. The molecule has 3 rings (SSSR count). The van der Waals surface area contributed by atoms with Gasteiger partial charge in [0.25, 0.3) is 0 Å². The van der Waals surface area contributed by atoms with Crippen molar-refractivity contribution in [3.63, 3.8) is 0 Å². The third-order valence-corrected chi connectivity index (χ3v) is 5.20. The number of anilines is 1. The maximum atomic E-state index is 12.0. The Kier molecular flexibility index (Phi) is 5.03. The molecule has 1 aromatic rings. The maximum absolute atomic E-state index is 12.0. The first-order valence-electron chi connectivity index (χ1n) is 7.53. The lowest BCUT2D eigenvalue weighted by molar-refractivity contribution is 0.0443. The molecular weight excluding hydrogens is 300 g/mol. The molecule has 22 heavy (non-hydrogen) atoms. The van der Waals surface area contributed by atoms with Crippen LogP contribution in [0.3, 0.4) is 0 Å². The summed E-state index contributed by atoms with van der Waals surface area (Å²) < 4.78 is 6.98. The molecule has 2 aliphatic heterocycles. The van der Waals surface area contributed by atoms with Gasteiger partial charge in [-0.15, -0.1) is 11.8 Å². The normalized spacial score (nSPS) is 22.3. The van der Waals surface area contributed by atoms with Crippen LogP contribution in [0.5, 0.6) is 0 Å². The second-order valence-electron chi connectivity index (χ2n) is 5.39. The monoisotopic (exact) mass is 320 g/mol. The molecule has 2 aliphatic rings. The van der Waals surface area contributed by atoms with E-state index in [1.165, 1.54) is 0 Å². The van der Waals surface area contributed by atoms with Gasteiger partial charge in [0.1, 0.15) is 5.82 Å². The highest BCUT2D eigenvalue weighted by molar-refractivity contribution is 7.99. The minimum atomic E-state index is -0.282. The summed E-state index contributed by atoms with van der Waals surface area (Å²) >= 11 is 1.78. The van der Waals surface area contributed by atoms with E-state index in [4.69, 9.17) is 10.5 Å². The van der Waals surface area contributed by atoms with Crippen molar-refractivity contribution in [1.82, 2.24) is 14.5 Å². The van der Waals surface area contributed by atoms with Crippen LogP contribution in [0.4, 0.5) is 5.82 Å². The zero-order valence-electron chi connectivity index (χ0n) is 12.5. The third-order valence-electron chi connectivity index (χ3n) is 3.83. The van der Waals surface area contributed by atoms with E-state index in [0.717, 1.165) is 44.9 Å². The highest BCUT2D eigenvalue weighted by Gasteiger charge is 2.19. The number of nitrogens with zero attached hydrogens (tertiary/aromatic N) is 3. The summed E-state index contributed by atoms with van der Waals surface area (Å²) in [4.78, 5) is 18.1. The molecule has 0 spiro atoms. The predicted octanol–water partition coefficient (Wildman–Crippen LogP) is 0.535. The number of ether oxygens (including phenoxy) is 1. The number of thioether (sulfide) groups is 1. The molecule has 2 fully saturated rings. The zero-order valence-corrected chi connectivity index (χ0v) is 13.3. The number of hydrogen-bond donors (Lipinski definition) is 1. The Morgan fingerprint density at radius 1 is 1.45 bits per heavy atom. The van der Waals surface area contributed by atoms with Crippen molar-refractivity contribution in [2.75, 3.05) is 44.3 Å². The Hall–Kier alpha value is -1.49. The minimum Gasteiger partial charge on any atom is -0.382 e. The number of rotatable bonds is 2. The van der Waals surface area contributed by atoms with Gasteiger partial charge in [-0.2, -0.15) is 4.98 Å².